The molecule has 0 aliphatic carbocycles. The van der Waals surface area contributed by atoms with Crippen molar-refractivity contribution in [3.8, 4) is 11.8 Å². The molecule has 0 fully saturated rings. The minimum atomic E-state index is -0.441. The monoisotopic (exact) mass is 253 g/mol. The maximum absolute atomic E-state index is 13.3. The lowest BCUT2D eigenvalue weighted by atomic mass is 10.0. The van der Waals surface area contributed by atoms with Crippen molar-refractivity contribution in [3.63, 3.8) is 0 Å². The molecule has 0 bridgehead atoms. The minimum Gasteiger partial charge on any atom is -0.494 e. The van der Waals surface area contributed by atoms with E-state index in [1.807, 2.05) is 30.3 Å². The summed E-state index contributed by atoms with van der Waals surface area (Å²) in [5.41, 5.74) is 2.01. The van der Waals surface area contributed by atoms with Crippen molar-refractivity contribution < 1.29 is 9.13 Å². The van der Waals surface area contributed by atoms with Crippen LogP contribution in [0, 0.1) is 17.1 Å². The van der Waals surface area contributed by atoms with Crippen LogP contribution in [0.3, 0.4) is 0 Å². The summed E-state index contributed by atoms with van der Waals surface area (Å²) >= 11 is 0. The van der Waals surface area contributed by atoms with Gasteiger partial charge in [0.25, 0.3) is 0 Å². The standard InChI is InChI=1S/C16H12FNO/c1-19-16-10-13(7-8-15(16)17)14(11-18)9-12-5-3-2-4-6-12/h2-10H,1H3/b14-9+. The molecule has 0 radical (unpaired) electrons. The SMILES string of the molecule is COc1cc(/C(C#N)=C/c2ccccc2)ccc1F. The van der Waals surface area contributed by atoms with Crippen molar-refractivity contribution in [3.05, 3.63) is 65.5 Å². The van der Waals surface area contributed by atoms with Crippen molar-refractivity contribution in [2.45, 2.75) is 0 Å². The lowest BCUT2D eigenvalue weighted by Gasteiger charge is -2.05. The predicted molar refractivity (Wildman–Crippen MR) is 72.9 cm³/mol. The van der Waals surface area contributed by atoms with Crippen LogP contribution in [0.5, 0.6) is 5.75 Å². The number of benzene rings is 2. The Balaban J connectivity index is 2.44. The van der Waals surface area contributed by atoms with Crippen LogP contribution in [-0.4, -0.2) is 7.11 Å². The van der Waals surface area contributed by atoms with E-state index in [2.05, 4.69) is 6.07 Å². The minimum absolute atomic E-state index is 0.131. The third kappa shape index (κ3) is 2.99. The molecule has 0 saturated heterocycles. The van der Waals surface area contributed by atoms with E-state index in [-0.39, 0.29) is 5.75 Å². The van der Waals surface area contributed by atoms with Crippen LogP contribution in [0.15, 0.2) is 48.5 Å². The summed E-state index contributed by atoms with van der Waals surface area (Å²) in [6.07, 6.45) is 1.76. The van der Waals surface area contributed by atoms with Gasteiger partial charge in [0, 0.05) is 0 Å². The highest BCUT2D eigenvalue weighted by Crippen LogP contribution is 2.24. The molecule has 0 atom stereocenters. The Labute approximate surface area is 111 Å². The quantitative estimate of drug-likeness (QED) is 0.614. The van der Waals surface area contributed by atoms with Gasteiger partial charge in [-0.1, -0.05) is 36.4 Å². The third-order valence-electron chi connectivity index (χ3n) is 2.69. The van der Waals surface area contributed by atoms with Gasteiger partial charge in [-0.3, -0.25) is 0 Å². The molecule has 0 unspecified atom stereocenters. The Bertz CT molecular complexity index is 642. The smallest absolute Gasteiger partial charge is 0.165 e. The van der Waals surface area contributed by atoms with Crippen LogP contribution in [0.2, 0.25) is 0 Å². The molecular weight excluding hydrogens is 241 g/mol. The zero-order valence-electron chi connectivity index (χ0n) is 10.4. The average Bonchev–Trinajstić information content (AvgIpc) is 2.46. The highest BCUT2D eigenvalue weighted by atomic mass is 19.1. The molecule has 0 aliphatic heterocycles. The van der Waals surface area contributed by atoms with Crippen LogP contribution in [0.25, 0.3) is 11.6 Å². The topological polar surface area (TPSA) is 33.0 Å². The maximum atomic E-state index is 13.3. The first-order valence-electron chi connectivity index (χ1n) is 5.75. The highest BCUT2D eigenvalue weighted by Gasteiger charge is 2.07. The molecule has 0 spiro atoms. The number of halogens is 1. The molecule has 3 heteroatoms. The molecule has 0 aliphatic rings. The van der Waals surface area contributed by atoms with Gasteiger partial charge in [-0.25, -0.2) is 4.39 Å². The first kappa shape index (κ1) is 12.8. The van der Waals surface area contributed by atoms with Gasteiger partial charge in [0.1, 0.15) is 0 Å². The van der Waals surface area contributed by atoms with Gasteiger partial charge in [0.2, 0.25) is 0 Å². The van der Waals surface area contributed by atoms with E-state index in [1.165, 1.54) is 19.2 Å². The Morgan fingerprint density at radius 1 is 1.21 bits per heavy atom. The van der Waals surface area contributed by atoms with Gasteiger partial charge in [-0.2, -0.15) is 5.26 Å². The lowest BCUT2D eigenvalue weighted by molar-refractivity contribution is 0.386. The first-order valence-corrected chi connectivity index (χ1v) is 5.75. The summed E-state index contributed by atoms with van der Waals surface area (Å²) in [4.78, 5) is 0. The largest absolute Gasteiger partial charge is 0.494 e. The number of nitriles is 1. The second-order valence-electron chi connectivity index (χ2n) is 3.93. The predicted octanol–water partition coefficient (Wildman–Crippen LogP) is 3.90. The van der Waals surface area contributed by atoms with E-state index >= 15 is 0 Å². The van der Waals surface area contributed by atoms with Gasteiger partial charge in [0.15, 0.2) is 11.6 Å². The molecule has 0 amide bonds. The Hall–Kier alpha value is -2.60. The second-order valence-corrected chi connectivity index (χ2v) is 3.93. The summed E-state index contributed by atoms with van der Waals surface area (Å²) in [6, 6.07) is 16.0. The van der Waals surface area contributed by atoms with Gasteiger partial charge in [-0.05, 0) is 29.3 Å². The fourth-order valence-electron chi connectivity index (χ4n) is 1.72. The van der Waals surface area contributed by atoms with E-state index < -0.39 is 5.82 Å². The number of methoxy groups -OCH3 is 1. The van der Waals surface area contributed by atoms with Gasteiger partial charge in [-0.15, -0.1) is 0 Å². The van der Waals surface area contributed by atoms with Crippen LogP contribution < -0.4 is 4.74 Å². The third-order valence-corrected chi connectivity index (χ3v) is 2.69. The Morgan fingerprint density at radius 3 is 2.58 bits per heavy atom. The lowest BCUT2D eigenvalue weighted by Crippen LogP contribution is -1.90. The fraction of sp³-hybridized carbons (Fsp3) is 0.0625. The summed E-state index contributed by atoms with van der Waals surface area (Å²) in [5, 5.41) is 9.22. The van der Waals surface area contributed by atoms with Crippen molar-refractivity contribution in [2.24, 2.45) is 0 Å². The number of hydrogen-bond donors (Lipinski definition) is 0. The molecule has 0 N–H and O–H groups in total. The van der Waals surface area contributed by atoms with Crippen molar-refractivity contribution >= 4 is 11.6 Å². The number of ether oxygens (including phenoxy) is 1. The van der Waals surface area contributed by atoms with Gasteiger partial charge in [0.05, 0.1) is 18.8 Å². The second kappa shape index (κ2) is 5.83. The van der Waals surface area contributed by atoms with E-state index in [1.54, 1.807) is 12.1 Å². The van der Waals surface area contributed by atoms with E-state index in [0.29, 0.717) is 11.1 Å². The molecule has 2 rings (SSSR count). The Kier molecular flexibility index (Phi) is 3.94. The molecule has 2 aromatic rings. The van der Waals surface area contributed by atoms with E-state index in [9.17, 15) is 9.65 Å². The maximum Gasteiger partial charge on any atom is 0.165 e. The summed E-state index contributed by atoms with van der Waals surface area (Å²) < 4.78 is 18.3. The summed E-state index contributed by atoms with van der Waals surface area (Å²) in [5.74, 6) is -0.310. The van der Waals surface area contributed by atoms with Gasteiger partial charge < -0.3 is 4.74 Å². The average molecular weight is 253 g/mol. The molecule has 2 aromatic carbocycles. The number of allylic oxidation sites excluding steroid dienone is 1. The van der Waals surface area contributed by atoms with Crippen molar-refractivity contribution in [1.82, 2.24) is 0 Å². The van der Waals surface area contributed by atoms with Crippen molar-refractivity contribution in [1.29, 1.82) is 5.26 Å². The zero-order chi connectivity index (χ0) is 13.7. The summed E-state index contributed by atoms with van der Waals surface area (Å²) in [6.45, 7) is 0. The van der Waals surface area contributed by atoms with Crippen LogP contribution in [0.1, 0.15) is 11.1 Å². The first-order chi connectivity index (χ1) is 9.24. The molecule has 2 nitrogen and oxygen atoms in total. The zero-order valence-corrected chi connectivity index (χ0v) is 10.4. The van der Waals surface area contributed by atoms with Crippen LogP contribution >= 0.6 is 0 Å². The number of hydrogen-bond acceptors (Lipinski definition) is 2. The van der Waals surface area contributed by atoms with Crippen LogP contribution in [-0.2, 0) is 0 Å². The molecule has 0 heterocycles. The number of rotatable bonds is 3. The van der Waals surface area contributed by atoms with E-state index in [4.69, 9.17) is 4.74 Å². The molecule has 0 aromatic heterocycles. The van der Waals surface area contributed by atoms with Gasteiger partial charge >= 0.3 is 0 Å². The molecular formula is C16H12FNO. The highest BCUT2D eigenvalue weighted by molar-refractivity contribution is 5.89. The number of nitrogens with zero attached hydrogens (tertiary/aromatic N) is 1. The van der Waals surface area contributed by atoms with E-state index in [0.717, 1.165) is 5.56 Å². The summed E-state index contributed by atoms with van der Waals surface area (Å²) in [7, 11) is 1.40. The fourth-order valence-corrected chi connectivity index (χ4v) is 1.72. The Morgan fingerprint density at radius 2 is 1.95 bits per heavy atom. The van der Waals surface area contributed by atoms with Crippen LogP contribution in [0.4, 0.5) is 4.39 Å². The van der Waals surface area contributed by atoms with Crippen molar-refractivity contribution in [2.75, 3.05) is 7.11 Å². The normalized spacial score (nSPS) is 10.9. The molecule has 19 heavy (non-hydrogen) atoms. The molecule has 94 valence electrons. The molecule has 0 saturated carbocycles.